The van der Waals surface area contributed by atoms with Gasteiger partial charge in [0.1, 0.15) is 0 Å². The van der Waals surface area contributed by atoms with Gasteiger partial charge in [0.2, 0.25) is 0 Å². The van der Waals surface area contributed by atoms with E-state index in [2.05, 4.69) is 25.9 Å². The van der Waals surface area contributed by atoms with Crippen molar-refractivity contribution < 1.29 is 4.79 Å². The van der Waals surface area contributed by atoms with Gasteiger partial charge in [-0.1, -0.05) is 27.3 Å². The van der Waals surface area contributed by atoms with Crippen LogP contribution in [-0.2, 0) is 0 Å². The van der Waals surface area contributed by atoms with Gasteiger partial charge in [-0.15, -0.1) is 12.4 Å². The van der Waals surface area contributed by atoms with E-state index in [9.17, 15) is 4.79 Å². The van der Waals surface area contributed by atoms with Gasteiger partial charge in [-0.25, -0.2) is 4.98 Å². The molecule has 0 aliphatic rings. The molecule has 0 saturated heterocycles. The molecule has 0 aliphatic carbocycles. The Kier molecular flexibility index (Phi) is 8.00. The zero-order valence-electron chi connectivity index (χ0n) is 16.4. The topological polar surface area (TPSA) is 54.3 Å². The Labute approximate surface area is 184 Å². The predicted octanol–water partition coefficient (Wildman–Crippen LogP) is 4.86. The highest BCUT2D eigenvalue weighted by Gasteiger charge is 2.23. The van der Waals surface area contributed by atoms with Crippen molar-refractivity contribution >= 4 is 60.9 Å². The molecule has 3 aromatic rings. The molecule has 0 N–H and O–H groups in total. The van der Waals surface area contributed by atoms with Crippen molar-refractivity contribution in [3.05, 3.63) is 40.6 Å². The molecule has 1 aromatic carbocycles. The fourth-order valence-electron chi connectivity index (χ4n) is 2.71. The van der Waals surface area contributed by atoms with Crippen molar-refractivity contribution in [3.63, 3.8) is 0 Å². The minimum atomic E-state index is -0.105. The summed E-state index contributed by atoms with van der Waals surface area (Å²) in [5, 5.41) is 5.17. The normalized spacial score (nSPS) is 11.2. The summed E-state index contributed by atoms with van der Waals surface area (Å²) in [5.74, 6) is -0.105. The molecule has 9 heteroatoms. The van der Waals surface area contributed by atoms with Crippen molar-refractivity contribution in [3.8, 4) is 0 Å². The van der Waals surface area contributed by atoms with Crippen LogP contribution < -0.4 is 4.90 Å². The van der Waals surface area contributed by atoms with Gasteiger partial charge in [-0.05, 0) is 65.2 Å². The van der Waals surface area contributed by atoms with E-state index in [0.717, 1.165) is 27.7 Å². The summed E-state index contributed by atoms with van der Waals surface area (Å²) in [6.07, 6.45) is 2.72. The van der Waals surface area contributed by atoms with Crippen molar-refractivity contribution in [2.75, 3.05) is 32.1 Å². The maximum atomic E-state index is 13.2. The Morgan fingerprint density at radius 1 is 1.25 bits per heavy atom. The van der Waals surface area contributed by atoms with E-state index in [-0.39, 0.29) is 24.4 Å². The number of thiazole rings is 1. The van der Waals surface area contributed by atoms with E-state index in [1.165, 1.54) is 11.3 Å². The second-order valence-electron chi connectivity index (χ2n) is 7.00. The molecule has 0 bridgehead atoms. The summed E-state index contributed by atoms with van der Waals surface area (Å²) in [6.45, 7) is 5.59. The molecule has 0 radical (unpaired) electrons. The molecule has 3 rings (SSSR count). The third kappa shape index (κ3) is 5.31. The number of anilines is 1. The van der Waals surface area contributed by atoms with Gasteiger partial charge in [-0.3, -0.25) is 14.4 Å². The maximum absolute atomic E-state index is 13.2. The minimum absolute atomic E-state index is 0. The number of hydrogen-bond donors (Lipinski definition) is 0. The lowest BCUT2D eigenvalue weighted by atomic mass is 10.3. The lowest BCUT2D eigenvalue weighted by molar-refractivity contribution is 0.0980. The van der Waals surface area contributed by atoms with Gasteiger partial charge in [0.05, 0.1) is 10.2 Å². The molecule has 0 saturated carbocycles. The molecular formula is C19H25BrClN5OS. The van der Waals surface area contributed by atoms with Crippen LogP contribution in [0.25, 0.3) is 10.2 Å². The number of amides is 1. The standard InChI is InChI=1S/C19H24BrN5OS.ClH/c1-13(2)25-11-8-16(22-25)18(26)24(10-5-9-23(3)4)19-21-15-7-6-14(20)12-17(15)27-19;/h6-8,11-13H,5,9-10H2,1-4H3;1H. The van der Waals surface area contributed by atoms with Crippen LogP contribution >= 0.6 is 39.7 Å². The summed E-state index contributed by atoms with van der Waals surface area (Å²) in [7, 11) is 4.07. The molecule has 1 amide bonds. The van der Waals surface area contributed by atoms with Gasteiger partial charge in [0, 0.05) is 23.3 Å². The van der Waals surface area contributed by atoms with Crippen LogP contribution in [-0.4, -0.2) is 52.8 Å². The second kappa shape index (κ2) is 9.82. The summed E-state index contributed by atoms with van der Waals surface area (Å²) in [5.41, 5.74) is 1.35. The van der Waals surface area contributed by atoms with E-state index >= 15 is 0 Å². The summed E-state index contributed by atoms with van der Waals surface area (Å²) < 4.78 is 3.87. The number of nitrogens with zero attached hydrogens (tertiary/aromatic N) is 5. The highest BCUT2D eigenvalue weighted by atomic mass is 79.9. The van der Waals surface area contributed by atoms with Crippen molar-refractivity contribution in [2.45, 2.75) is 26.3 Å². The first-order valence-corrected chi connectivity index (χ1v) is 10.5. The molecule has 28 heavy (non-hydrogen) atoms. The lowest BCUT2D eigenvalue weighted by Gasteiger charge is -2.20. The van der Waals surface area contributed by atoms with Gasteiger partial charge < -0.3 is 4.90 Å². The van der Waals surface area contributed by atoms with Gasteiger partial charge in [0.25, 0.3) is 5.91 Å². The SMILES string of the molecule is CC(C)n1ccc(C(=O)N(CCCN(C)C)c2nc3ccc(Br)cc3s2)n1.Cl. The molecule has 0 aliphatic heterocycles. The largest absolute Gasteiger partial charge is 0.309 e. The van der Waals surface area contributed by atoms with Crippen LogP contribution in [0.15, 0.2) is 34.9 Å². The molecule has 2 heterocycles. The van der Waals surface area contributed by atoms with Crippen molar-refractivity contribution in [1.29, 1.82) is 0 Å². The zero-order chi connectivity index (χ0) is 19.6. The first-order chi connectivity index (χ1) is 12.8. The van der Waals surface area contributed by atoms with Crippen LogP contribution in [0.2, 0.25) is 0 Å². The number of halogens is 2. The third-order valence-electron chi connectivity index (χ3n) is 4.16. The average Bonchev–Trinajstić information content (AvgIpc) is 3.24. The quantitative estimate of drug-likeness (QED) is 0.479. The van der Waals surface area contributed by atoms with E-state index in [0.29, 0.717) is 17.4 Å². The highest BCUT2D eigenvalue weighted by Crippen LogP contribution is 2.31. The second-order valence-corrected chi connectivity index (χ2v) is 8.92. The van der Waals surface area contributed by atoms with E-state index in [4.69, 9.17) is 4.98 Å². The molecule has 0 atom stereocenters. The Balaban J connectivity index is 0.00000280. The van der Waals surface area contributed by atoms with Gasteiger partial charge >= 0.3 is 0 Å². The van der Waals surface area contributed by atoms with Gasteiger partial charge in [0.15, 0.2) is 10.8 Å². The predicted molar refractivity (Wildman–Crippen MR) is 122 cm³/mol. The minimum Gasteiger partial charge on any atom is -0.309 e. The van der Waals surface area contributed by atoms with E-state index in [1.807, 2.05) is 52.3 Å². The highest BCUT2D eigenvalue weighted by molar-refractivity contribution is 9.10. The van der Waals surface area contributed by atoms with Crippen molar-refractivity contribution in [2.24, 2.45) is 0 Å². The Morgan fingerprint density at radius 2 is 2.00 bits per heavy atom. The number of carbonyl (C=O) groups excluding carboxylic acids is 1. The fraction of sp³-hybridized carbons (Fsp3) is 0.421. The van der Waals surface area contributed by atoms with Crippen LogP contribution in [0.5, 0.6) is 0 Å². The van der Waals surface area contributed by atoms with E-state index in [1.54, 1.807) is 15.6 Å². The molecule has 0 fully saturated rings. The third-order valence-corrected chi connectivity index (χ3v) is 5.69. The van der Waals surface area contributed by atoms with Crippen LogP contribution in [0.3, 0.4) is 0 Å². The summed E-state index contributed by atoms with van der Waals surface area (Å²) in [4.78, 5) is 21.8. The molecular weight excluding hydrogens is 462 g/mol. The number of carbonyl (C=O) groups is 1. The Bertz CT molecular complexity index is 939. The number of benzene rings is 1. The monoisotopic (exact) mass is 485 g/mol. The molecule has 2 aromatic heterocycles. The Hall–Kier alpha value is -1.48. The number of rotatable bonds is 7. The first-order valence-electron chi connectivity index (χ1n) is 8.93. The van der Waals surface area contributed by atoms with Crippen LogP contribution in [0.1, 0.15) is 36.8 Å². The smallest absolute Gasteiger partial charge is 0.280 e. The van der Waals surface area contributed by atoms with Gasteiger partial charge in [-0.2, -0.15) is 5.10 Å². The average molecular weight is 487 g/mol. The van der Waals surface area contributed by atoms with Crippen LogP contribution in [0.4, 0.5) is 5.13 Å². The number of aromatic nitrogens is 3. The Morgan fingerprint density at radius 3 is 2.64 bits per heavy atom. The molecule has 0 spiro atoms. The summed E-state index contributed by atoms with van der Waals surface area (Å²) >= 11 is 5.03. The molecule has 6 nitrogen and oxygen atoms in total. The zero-order valence-corrected chi connectivity index (χ0v) is 19.6. The molecule has 152 valence electrons. The fourth-order valence-corrected chi connectivity index (χ4v) is 4.25. The molecule has 0 unspecified atom stereocenters. The van der Waals surface area contributed by atoms with E-state index < -0.39 is 0 Å². The van der Waals surface area contributed by atoms with Crippen LogP contribution in [0, 0.1) is 0 Å². The number of hydrogen-bond acceptors (Lipinski definition) is 5. The summed E-state index contributed by atoms with van der Waals surface area (Å²) in [6, 6.07) is 7.97. The van der Waals surface area contributed by atoms with Crippen molar-refractivity contribution in [1.82, 2.24) is 19.7 Å². The lowest BCUT2D eigenvalue weighted by Crippen LogP contribution is -2.33. The number of fused-ring (bicyclic) bond motifs is 1. The first kappa shape index (κ1) is 22.8. The maximum Gasteiger partial charge on any atom is 0.280 e.